The third-order valence-corrected chi connectivity index (χ3v) is 3.23. The lowest BCUT2D eigenvalue weighted by molar-refractivity contribution is 0.623. The molecule has 0 aliphatic heterocycles. The minimum absolute atomic E-state index is 0.0804. The number of hydrogen-bond acceptors (Lipinski definition) is 2. The van der Waals surface area contributed by atoms with Gasteiger partial charge in [0.1, 0.15) is 5.82 Å². The zero-order valence-electron chi connectivity index (χ0n) is 11.5. The van der Waals surface area contributed by atoms with Crippen LogP contribution >= 0.6 is 0 Å². The molecule has 0 spiro atoms. The van der Waals surface area contributed by atoms with Crippen LogP contribution in [0.4, 0.5) is 10.1 Å². The van der Waals surface area contributed by atoms with Crippen molar-refractivity contribution in [2.45, 2.75) is 6.04 Å². The Morgan fingerprint density at radius 2 is 1.37 bits per heavy atom. The van der Waals surface area contributed by atoms with Crippen molar-refractivity contribution in [2.75, 3.05) is 26.0 Å². The minimum Gasteiger partial charge on any atom is -0.378 e. The lowest BCUT2D eigenvalue weighted by atomic mass is 9.98. The zero-order chi connectivity index (χ0) is 13.8. The summed E-state index contributed by atoms with van der Waals surface area (Å²) in [5.41, 5.74) is 3.39. The molecule has 19 heavy (non-hydrogen) atoms. The molecule has 2 nitrogen and oxygen atoms in total. The number of hydrogen-bond donors (Lipinski definition) is 1. The summed E-state index contributed by atoms with van der Waals surface area (Å²) in [6.07, 6.45) is 0. The van der Waals surface area contributed by atoms with Crippen LogP contribution in [0, 0.1) is 5.82 Å². The average molecular weight is 258 g/mol. The number of anilines is 1. The molecule has 0 heterocycles. The van der Waals surface area contributed by atoms with Crippen molar-refractivity contribution in [2.24, 2.45) is 0 Å². The summed E-state index contributed by atoms with van der Waals surface area (Å²) in [5.74, 6) is -0.207. The number of halogens is 1. The summed E-state index contributed by atoms with van der Waals surface area (Å²) in [6.45, 7) is 0. The molecule has 0 saturated heterocycles. The first kappa shape index (κ1) is 13.6. The summed E-state index contributed by atoms with van der Waals surface area (Å²) in [5, 5.41) is 3.27. The summed E-state index contributed by atoms with van der Waals surface area (Å²) >= 11 is 0. The van der Waals surface area contributed by atoms with Crippen LogP contribution in [0.5, 0.6) is 0 Å². The van der Waals surface area contributed by atoms with E-state index in [0.29, 0.717) is 0 Å². The smallest absolute Gasteiger partial charge is 0.123 e. The standard InChI is InChI=1S/C16H19FN2/c1-18-16(12-4-8-14(17)9-5-12)13-6-10-15(11-7-13)19(2)3/h4-11,16,18H,1-3H3. The molecule has 2 aromatic carbocycles. The van der Waals surface area contributed by atoms with Crippen molar-refractivity contribution >= 4 is 5.69 Å². The van der Waals surface area contributed by atoms with Gasteiger partial charge in [0.2, 0.25) is 0 Å². The van der Waals surface area contributed by atoms with Gasteiger partial charge in [0, 0.05) is 19.8 Å². The van der Waals surface area contributed by atoms with E-state index in [1.165, 1.54) is 17.7 Å². The molecule has 1 atom stereocenters. The Kier molecular flexibility index (Phi) is 4.17. The second kappa shape index (κ2) is 5.85. The van der Waals surface area contributed by atoms with E-state index < -0.39 is 0 Å². The largest absolute Gasteiger partial charge is 0.378 e. The molecular formula is C16H19FN2. The summed E-state index contributed by atoms with van der Waals surface area (Å²) in [6, 6.07) is 15.1. The second-order valence-electron chi connectivity index (χ2n) is 4.76. The molecule has 0 amide bonds. The van der Waals surface area contributed by atoms with Gasteiger partial charge in [-0.05, 0) is 42.4 Å². The predicted octanol–water partition coefficient (Wildman–Crippen LogP) is 3.20. The van der Waals surface area contributed by atoms with Gasteiger partial charge in [0.05, 0.1) is 6.04 Å². The van der Waals surface area contributed by atoms with Gasteiger partial charge >= 0.3 is 0 Å². The number of rotatable bonds is 4. The third kappa shape index (κ3) is 3.12. The SMILES string of the molecule is CNC(c1ccc(F)cc1)c1ccc(N(C)C)cc1. The first-order valence-corrected chi connectivity index (χ1v) is 6.32. The van der Waals surface area contributed by atoms with Gasteiger partial charge in [-0.15, -0.1) is 0 Å². The summed E-state index contributed by atoms with van der Waals surface area (Å²) < 4.78 is 13.0. The van der Waals surface area contributed by atoms with Crippen molar-refractivity contribution in [3.05, 3.63) is 65.5 Å². The molecule has 2 rings (SSSR count). The Hall–Kier alpha value is -1.87. The molecular weight excluding hydrogens is 239 g/mol. The Morgan fingerprint density at radius 1 is 0.895 bits per heavy atom. The van der Waals surface area contributed by atoms with E-state index in [0.717, 1.165) is 11.3 Å². The fourth-order valence-corrected chi connectivity index (χ4v) is 2.15. The van der Waals surface area contributed by atoms with Gasteiger partial charge in [-0.25, -0.2) is 4.39 Å². The highest BCUT2D eigenvalue weighted by molar-refractivity contribution is 5.47. The number of benzene rings is 2. The van der Waals surface area contributed by atoms with E-state index in [9.17, 15) is 4.39 Å². The van der Waals surface area contributed by atoms with Crippen LogP contribution in [-0.2, 0) is 0 Å². The normalized spacial score (nSPS) is 12.2. The fourth-order valence-electron chi connectivity index (χ4n) is 2.15. The molecule has 0 bridgehead atoms. The summed E-state index contributed by atoms with van der Waals surface area (Å²) in [7, 11) is 5.95. The first-order valence-electron chi connectivity index (χ1n) is 6.32. The predicted molar refractivity (Wildman–Crippen MR) is 78.1 cm³/mol. The van der Waals surface area contributed by atoms with E-state index >= 15 is 0 Å². The molecule has 0 radical (unpaired) electrons. The molecule has 2 aromatic rings. The van der Waals surface area contributed by atoms with Gasteiger partial charge in [-0.3, -0.25) is 0 Å². The highest BCUT2D eigenvalue weighted by Crippen LogP contribution is 2.24. The molecule has 1 N–H and O–H groups in total. The van der Waals surface area contributed by atoms with Crippen molar-refractivity contribution in [1.82, 2.24) is 5.32 Å². The van der Waals surface area contributed by atoms with Crippen molar-refractivity contribution in [3.8, 4) is 0 Å². The van der Waals surface area contributed by atoms with Gasteiger partial charge in [-0.1, -0.05) is 24.3 Å². The van der Waals surface area contributed by atoms with E-state index in [2.05, 4.69) is 34.5 Å². The highest BCUT2D eigenvalue weighted by atomic mass is 19.1. The van der Waals surface area contributed by atoms with Gasteiger partial charge in [-0.2, -0.15) is 0 Å². The third-order valence-electron chi connectivity index (χ3n) is 3.23. The molecule has 0 aliphatic carbocycles. The fraction of sp³-hybridized carbons (Fsp3) is 0.250. The van der Waals surface area contributed by atoms with Crippen molar-refractivity contribution in [1.29, 1.82) is 0 Å². The number of nitrogens with zero attached hydrogens (tertiary/aromatic N) is 1. The van der Waals surface area contributed by atoms with Crippen molar-refractivity contribution < 1.29 is 4.39 Å². The van der Waals surface area contributed by atoms with E-state index in [1.54, 1.807) is 0 Å². The molecule has 1 unspecified atom stereocenters. The monoisotopic (exact) mass is 258 g/mol. The Balaban J connectivity index is 2.28. The van der Waals surface area contributed by atoms with E-state index in [-0.39, 0.29) is 11.9 Å². The Labute approximate surface area is 113 Å². The van der Waals surface area contributed by atoms with Gasteiger partial charge in [0.15, 0.2) is 0 Å². The van der Waals surface area contributed by atoms with Crippen LogP contribution in [0.15, 0.2) is 48.5 Å². The maximum atomic E-state index is 13.0. The maximum absolute atomic E-state index is 13.0. The lowest BCUT2D eigenvalue weighted by Gasteiger charge is -2.19. The molecule has 100 valence electrons. The maximum Gasteiger partial charge on any atom is 0.123 e. The number of nitrogens with one attached hydrogen (secondary N) is 1. The molecule has 0 aliphatic rings. The Bertz CT molecular complexity index is 517. The second-order valence-corrected chi connectivity index (χ2v) is 4.76. The molecule has 0 aromatic heterocycles. The van der Waals surface area contributed by atoms with Gasteiger partial charge in [0.25, 0.3) is 0 Å². The zero-order valence-corrected chi connectivity index (χ0v) is 11.5. The van der Waals surface area contributed by atoms with Crippen LogP contribution in [0.2, 0.25) is 0 Å². The molecule has 0 saturated carbocycles. The quantitative estimate of drug-likeness (QED) is 0.906. The van der Waals surface area contributed by atoms with Gasteiger partial charge < -0.3 is 10.2 Å². The summed E-state index contributed by atoms with van der Waals surface area (Å²) in [4.78, 5) is 2.07. The van der Waals surface area contributed by atoms with E-state index in [4.69, 9.17) is 0 Å². The van der Waals surface area contributed by atoms with Crippen LogP contribution in [0.25, 0.3) is 0 Å². The molecule has 0 fully saturated rings. The first-order chi connectivity index (χ1) is 9.11. The van der Waals surface area contributed by atoms with Crippen LogP contribution in [-0.4, -0.2) is 21.1 Å². The van der Waals surface area contributed by atoms with Crippen LogP contribution in [0.1, 0.15) is 17.2 Å². The highest BCUT2D eigenvalue weighted by Gasteiger charge is 2.11. The van der Waals surface area contributed by atoms with Crippen LogP contribution < -0.4 is 10.2 Å². The van der Waals surface area contributed by atoms with Crippen LogP contribution in [0.3, 0.4) is 0 Å². The average Bonchev–Trinajstić information content (AvgIpc) is 2.42. The minimum atomic E-state index is -0.207. The lowest BCUT2D eigenvalue weighted by Crippen LogP contribution is -2.18. The molecule has 3 heteroatoms. The van der Waals surface area contributed by atoms with E-state index in [1.807, 2.05) is 33.3 Å². The Morgan fingerprint density at radius 3 is 1.79 bits per heavy atom. The van der Waals surface area contributed by atoms with Crippen molar-refractivity contribution in [3.63, 3.8) is 0 Å². The topological polar surface area (TPSA) is 15.3 Å².